The van der Waals surface area contributed by atoms with Crippen LogP contribution in [0, 0.1) is 28.1 Å². The number of fused-ring (bicyclic) bond motifs is 3. The number of aliphatic hydroxyl groups is 1. The fraction of sp³-hybridized carbons (Fsp3) is 0.743. The third-order valence-electron chi connectivity index (χ3n) is 13.3. The van der Waals surface area contributed by atoms with Crippen molar-refractivity contribution < 1.29 is 52.3 Å². The Kier molecular flexibility index (Phi) is 7.02. The molecule has 0 unspecified atom stereocenters. The van der Waals surface area contributed by atoms with E-state index in [0.717, 1.165) is 5.56 Å². The maximum absolute atomic E-state index is 13.5. The molecule has 3 aliphatic carbocycles. The van der Waals surface area contributed by atoms with Gasteiger partial charge in [0.2, 0.25) is 0 Å². The van der Waals surface area contributed by atoms with Crippen molar-refractivity contribution in [3.05, 3.63) is 35.8 Å². The SMILES string of the molecule is C/C=C(\C)C(=O)O[C@H]1C[C@@H](OC(C)=O)[C@@]2(C)CO[C@H]3[C@@H](O)[C@]4(C)[C@H](C[C@@H]5O[C@H]6C[C@@H](c7ccoc7)[C@](C)(OC(C)=O)[C@@]64O5)[C@]1(C)[C@@H]32. The Morgan fingerprint density at radius 2 is 1.74 bits per heavy atom. The van der Waals surface area contributed by atoms with Crippen LogP contribution in [0.2, 0.25) is 0 Å². The minimum atomic E-state index is -1.29. The van der Waals surface area contributed by atoms with E-state index in [1.807, 2.05) is 26.8 Å². The first-order valence-corrected chi connectivity index (χ1v) is 16.4. The quantitative estimate of drug-likeness (QED) is 0.281. The van der Waals surface area contributed by atoms with Crippen molar-refractivity contribution in [2.24, 2.45) is 28.1 Å². The summed E-state index contributed by atoms with van der Waals surface area (Å²) in [6.45, 7) is 14.6. The molecule has 3 aliphatic heterocycles. The molecule has 3 saturated carbocycles. The molecule has 2 bridgehead atoms. The Morgan fingerprint density at radius 1 is 1.00 bits per heavy atom. The van der Waals surface area contributed by atoms with Crippen LogP contribution in [0.5, 0.6) is 0 Å². The Hall–Kier alpha value is -2.73. The molecule has 1 N–H and O–H groups in total. The van der Waals surface area contributed by atoms with Crippen molar-refractivity contribution in [3.8, 4) is 0 Å². The molecule has 14 atom stereocenters. The van der Waals surface area contributed by atoms with Crippen molar-refractivity contribution in [2.45, 2.75) is 129 Å². The molecule has 4 heterocycles. The zero-order chi connectivity index (χ0) is 33.2. The van der Waals surface area contributed by atoms with E-state index in [1.165, 1.54) is 13.8 Å². The maximum atomic E-state index is 13.5. The maximum Gasteiger partial charge on any atom is 0.333 e. The van der Waals surface area contributed by atoms with Crippen LogP contribution in [0.25, 0.3) is 0 Å². The number of esters is 3. The Balaban J connectivity index is 1.43. The van der Waals surface area contributed by atoms with Gasteiger partial charge in [0.15, 0.2) is 6.29 Å². The predicted octanol–water partition coefficient (Wildman–Crippen LogP) is 4.21. The number of ether oxygens (including phenoxy) is 6. The summed E-state index contributed by atoms with van der Waals surface area (Å²) in [5.74, 6) is -2.40. The molecule has 252 valence electrons. The largest absolute Gasteiger partial charge is 0.472 e. The average molecular weight is 643 g/mol. The summed E-state index contributed by atoms with van der Waals surface area (Å²) in [6, 6.07) is 1.86. The van der Waals surface area contributed by atoms with Crippen molar-refractivity contribution in [3.63, 3.8) is 0 Å². The molecule has 6 fully saturated rings. The van der Waals surface area contributed by atoms with E-state index in [9.17, 15) is 19.5 Å². The molecule has 46 heavy (non-hydrogen) atoms. The molecule has 3 saturated heterocycles. The standard InChI is InChI=1S/C35H46O11/c1-9-17(2)30(39)44-24-14-23(42-18(3)36)31(5)16-41-27-28(31)32(24,6)22-13-26-43-25-12-21(20-10-11-40-15-20)34(8,45-19(4)37)35(25,46-26)33(22,7)29(27)38/h9-11,15,21-29,38H,12-14,16H2,1-8H3/b17-9+/t21-,22+,23+,24-,25-,26+,27+,28-,29+,31+,32-,33-,34-,35+/m0/s1. The van der Waals surface area contributed by atoms with Gasteiger partial charge >= 0.3 is 17.9 Å². The lowest BCUT2D eigenvalue weighted by Gasteiger charge is -2.71. The van der Waals surface area contributed by atoms with Crippen LogP contribution in [0.4, 0.5) is 0 Å². The second kappa shape index (κ2) is 10.1. The number of hydrogen-bond acceptors (Lipinski definition) is 11. The third kappa shape index (κ3) is 3.71. The molecule has 0 aromatic carbocycles. The van der Waals surface area contributed by atoms with Gasteiger partial charge in [-0.15, -0.1) is 0 Å². The fourth-order valence-electron chi connectivity index (χ4n) is 11.5. The van der Waals surface area contributed by atoms with Crippen LogP contribution in [0.1, 0.15) is 86.1 Å². The topological polar surface area (TPSA) is 140 Å². The van der Waals surface area contributed by atoms with E-state index in [-0.39, 0.29) is 30.8 Å². The molecule has 6 aliphatic rings. The van der Waals surface area contributed by atoms with E-state index < -0.39 is 82.2 Å². The zero-order valence-corrected chi connectivity index (χ0v) is 27.9. The first kappa shape index (κ1) is 31.8. The monoisotopic (exact) mass is 642 g/mol. The van der Waals surface area contributed by atoms with Gasteiger partial charge in [-0.1, -0.05) is 26.8 Å². The third-order valence-corrected chi connectivity index (χ3v) is 13.3. The minimum Gasteiger partial charge on any atom is -0.472 e. The lowest BCUT2D eigenvalue weighted by molar-refractivity contribution is -0.353. The van der Waals surface area contributed by atoms with Crippen molar-refractivity contribution in [2.75, 3.05) is 6.61 Å². The van der Waals surface area contributed by atoms with Gasteiger partial charge in [-0.05, 0) is 44.7 Å². The highest BCUT2D eigenvalue weighted by Gasteiger charge is 2.87. The molecule has 1 aromatic heterocycles. The highest BCUT2D eigenvalue weighted by atomic mass is 16.8. The van der Waals surface area contributed by atoms with Crippen LogP contribution in [0.3, 0.4) is 0 Å². The Labute approximate surface area is 269 Å². The van der Waals surface area contributed by atoms with Crippen molar-refractivity contribution in [1.82, 2.24) is 0 Å². The lowest BCUT2D eigenvalue weighted by Crippen LogP contribution is -2.80. The summed E-state index contributed by atoms with van der Waals surface area (Å²) < 4.78 is 44.5. The van der Waals surface area contributed by atoms with E-state index in [0.29, 0.717) is 18.4 Å². The van der Waals surface area contributed by atoms with Crippen LogP contribution >= 0.6 is 0 Å². The number of allylic oxidation sites excluding steroid dienone is 1. The summed E-state index contributed by atoms with van der Waals surface area (Å²) in [4.78, 5) is 38.8. The number of furan rings is 1. The lowest BCUT2D eigenvalue weighted by atomic mass is 9.37. The summed E-state index contributed by atoms with van der Waals surface area (Å²) in [6.07, 6.45) is 1.84. The first-order valence-electron chi connectivity index (χ1n) is 16.4. The summed E-state index contributed by atoms with van der Waals surface area (Å²) in [5.41, 5.74) is -3.83. The minimum absolute atomic E-state index is 0.250. The second-order valence-electron chi connectivity index (χ2n) is 15.3. The first-order chi connectivity index (χ1) is 21.6. The fourth-order valence-corrected chi connectivity index (χ4v) is 11.5. The van der Waals surface area contributed by atoms with E-state index in [1.54, 1.807) is 32.4 Å². The second-order valence-corrected chi connectivity index (χ2v) is 15.3. The van der Waals surface area contributed by atoms with Crippen molar-refractivity contribution in [1.29, 1.82) is 0 Å². The van der Waals surface area contributed by atoms with E-state index in [2.05, 4.69) is 6.92 Å². The van der Waals surface area contributed by atoms with Crippen LogP contribution in [0.15, 0.2) is 34.7 Å². The van der Waals surface area contributed by atoms with Gasteiger partial charge in [0.25, 0.3) is 0 Å². The molecular weight excluding hydrogens is 596 g/mol. The average Bonchev–Trinajstić information content (AvgIpc) is 3.75. The number of carbonyl (C=O) groups is 3. The van der Waals surface area contributed by atoms with Crippen LogP contribution in [-0.4, -0.2) is 77.6 Å². The van der Waals surface area contributed by atoms with Gasteiger partial charge in [-0.3, -0.25) is 9.59 Å². The van der Waals surface area contributed by atoms with Gasteiger partial charge in [-0.25, -0.2) is 4.79 Å². The van der Waals surface area contributed by atoms with Crippen molar-refractivity contribution >= 4 is 17.9 Å². The van der Waals surface area contributed by atoms with Gasteiger partial charge < -0.3 is 37.9 Å². The summed E-state index contributed by atoms with van der Waals surface area (Å²) in [5, 5.41) is 12.8. The number of aliphatic hydroxyl groups excluding tert-OH is 1. The molecular formula is C35H46O11. The normalized spacial score (nSPS) is 50.3. The number of rotatable bonds is 5. The number of hydrogen-bond donors (Lipinski definition) is 1. The Bertz CT molecular complexity index is 1470. The molecule has 0 radical (unpaired) electrons. The Morgan fingerprint density at radius 3 is 2.37 bits per heavy atom. The van der Waals surface area contributed by atoms with Gasteiger partial charge in [-0.2, -0.15) is 0 Å². The summed E-state index contributed by atoms with van der Waals surface area (Å²) in [7, 11) is 0. The van der Waals surface area contributed by atoms with E-state index in [4.69, 9.17) is 32.8 Å². The molecule has 11 nitrogen and oxygen atoms in total. The molecule has 7 rings (SSSR count). The molecule has 1 spiro atoms. The smallest absolute Gasteiger partial charge is 0.333 e. The van der Waals surface area contributed by atoms with Gasteiger partial charge in [0.1, 0.15) is 23.4 Å². The highest BCUT2D eigenvalue weighted by Crippen LogP contribution is 2.78. The van der Waals surface area contributed by atoms with Crippen LogP contribution < -0.4 is 0 Å². The molecule has 0 amide bonds. The zero-order valence-electron chi connectivity index (χ0n) is 27.9. The van der Waals surface area contributed by atoms with Gasteiger partial charge in [0.05, 0.1) is 37.4 Å². The number of carbonyl (C=O) groups excluding carboxylic acids is 3. The van der Waals surface area contributed by atoms with Crippen LogP contribution in [-0.2, 0) is 42.8 Å². The highest BCUT2D eigenvalue weighted by molar-refractivity contribution is 5.87. The predicted molar refractivity (Wildman–Crippen MR) is 160 cm³/mol. The van der Waals surface area contributed by atoms with Gasteiger partial charge in [0, 0.05) is 60.3 Å². The van der Waals surface area contributed by atoms with E-state index >= 15 is 0 Å². The molecule has 11 heteroatoms. The summed E-state index contributed by atoms with van der Waals surface area (Å²) >= 11 is 0. The molecule has 1 aromatic rings.